The highest BCUT2D eigenvalue weighted by atomic mass is 35.5. The lowest BCUT2D eigenvalue weighted by molar-refractivity contribution is 0.0812. The minimum absolute atomic E-state index is 0.0688. The Bertz CT molecular complexity index is 1320. The van der Waals surface area contributed by atoms with Crippen molar-refractivity contribution in [1.82, 2.24) is 4.57 Å². The Kier molecular flexibility index (Phi) is 6.89. The number of benzene rings is 2. The van der Waals surface area contributed by atoms with Crippen LogP contribution in [0.2, 0.25) is 5.02 Å². The van der Waals surface area contributed by atoms with Crippen molar-refractivity contribution in [2.45, 2.75) is 40.3 Å². The van der Waals surface area contributed by atoms with Crippen molar-refractivity contribution in [2.24, 2.45) is 0 Å². The predicted octanol–water partition coefficient (Wildman–Crippen LogP) is 4.84. The van der Waals surface area contributed by atoms with Gasteiger partial charge in [0.15, 0.2) is 6.10 Å². The number of carbonyl (C=O) groups is 1. The molecule has 0 saturated heterocycles. The Morgan fingerprint density at radius 3 is 2.33 bits per heavy atom. The van der Waals surface area contributed by atoms with E-state index in [9.17, 15) is 24.3 Å². The van der Waals surface area contributed by atoms with E-state index in [1.807, 2.05) is 19.9 Å². The van der Waals surface area contributed by atoms with Crippen LogP contribution in [0.4, 0.5) is 4.39 Å². The number of ketones is 1. The number of nitriles is 1. The molecule has 0 fully saturated rings. The maximum absolute atomic E-state index is 13.3. The van der Waals surface area contributed by atoms with Gasteiger partial charge in [0.05, 0.1) is 12.1 Å². The molecule has 1 N–H and O–H groups in total. The van der Waals surface area contributed by atoms with Crippen LogP contribution in [0.1, 0.15) is 45.1 Å². The van der Waals surface area contributed by atoms with Crippen molar-refractivity contribution < 1.29 is 19.0 Å². The van der Waals surface area contributed by atoms with Crippen molar-refractivity contribution >= 4 is 17.4 Å². The van der Waals surface area contributed by atoms with Gasteiger partial charge in [0, 0.05) is 5.02 Å². The first kappa shape index (κ1) is 24.0. The zero-order valence-corrected chi connectivity index (χ0v) is 19.3. The molecule has 6 nitrogen and oxygen atoms in total. The zero-order valence-electron chi connectivity index (χ0n) is 18.6. The summed E-state index contributed by atoms with van der Waals surface area (Å²) in [6.07, 6.45) is -1.03. The summed E-state index contributed by atoms with van der Waals surface area (Å²) >= 11 is 6.19. The molecule has 0 aliphatic heterocycles. The number of rotatable bonds is 6. The minimum Gasteiger partial charge on any atom is -0.494 e. The van der Waals surface area contributed by atoms with Crippen LogP contribution in [0.25, 0.3) is 0 Å². The van der Waals surface area contributed by atoms with Crippen LogP contribution in [-0.2, 0) is 6.54 Å². The lowest BCUT2D eigenvalue weighted by atomic mass is 9.99. The van der Waals surface area contributed by atoms with E-state index in [0.717, 1.165) is 15.7 Å². The number of halogens is 2. The smallest absolute Gasteiger partial charge is 0.271 e. The van der Waals surface area contributed by atoms with E-state index in [2.05, 4.69) is 0 Å². The fourth-order valence-electron chi connectivity index (χ4n) is 3.60. The molecule has 1 unspecified atom stereocenters. The maximum Gasteiger partial charge on any atom is 0.271 e. The third-order valence-electron chi connectivity index (χ3n) is 5.39. The highest BCUT2D eigenvalue weighted by Gasteiger charge is 2.28. The standard InChI is InChI=1S/C25H22ClFN2O4/c1-13-9-19(10-14(2)22(13)26)33-16(4)23(30)21-15(3)20(11-28)24(31)29(25(21)32)12-17-5-7-18(27)8-6-17/h5-10,16,32H,12H2,1-4H3. The van der Waals surface area contributed by atoms with Crippen molar-refractivity contribution in [3.8, 4) is 17.7 Å². The number of aryl methyl sites for hydroxylation is 2. The monoisotopic (exact) mass is 468 g/mol. The van der Waals surface area contributed by atoms with Gasteiger partial charge in [-0.15, -0.1) is 0 Å². The van der Waals surface area contributed by atoms with E-state index < -0.39 is 29.1 Å². The first-order valence-corrected chi connectivity index (χ1v) is 10.5. The number of ether oxygens (including phenoxy) is 1. The largest absolute Gasteiger partial charge is 0.494 e. The molecule has 170 valence electrons. The summed E-state index contributed by atoms with van der Waals surface area (Å²) in [5, 5.41) is 21.0. The van der Waals surface area contributed by atoms with Crippen LogP contribution < -0.4 is 10.3 Å². The van der Waals surface area contributed by atoms with E-state index in [0.29, 0.717) is 16.3 Å². The summed E-state index contributed by atoms with van der Waals surface area (Å²) in [5.74, 6) is -1.21. The third-order valence-corrected chi connectivity index (χ3v) is 5.99. The molecule has 3 rings (SSSR count). The van der Waals surface area contributed by atoms with Crippen LogP contribution >= 0.6 is 11.6 Å². The summed E-state index contributed by atoms with van der Waals surface area (Å²) in [4.78, 5) is 26.1. The van der Waals surface area contributed by atoms with Crippen LogP contribution in [0, 0.1) is 37.9 Å². The minimum atomic E-state index is -1.03. The van der Waals surface area contributed by atoms with Gasteiger partial charge in [0.25, 0.3) is 5.56 Å². The molecule has 1 heterocycles. The van der Waals surface area contributed by atoms with Crippen LogP contribution in [0.5, 0.6) is 11.6 Å². The second-order valence-corrected chi connectivity index (χ2v) is 8.20. The Morgan fingerprint density at radius 2 is 1.79 bits per heavy atom. The number of hydrogen-bond donors (Lipinski definition) is 1. The van der Waals surface area contributed by atoms with E-state index in [-0.39, 0.29) is 23.2 Å². The summed E-state index contributed by atoms with van der Waals surface area (Å²) in [6.45, 7) is 6.43. The van der Waals surface area contributed by atoms with E-state index in [1.165, 1.54) is 38.1 Å². The van der Waals surface area contributed by atoms with Gasteiger partial charge < -0.3 is 9.84 Å². The first-order valence-electron chi connectivity index (χ1n) is 10.1. The quantitative estimate of drug-likeness (QED) is 0.522. The van der Waals surface area contributed by atoms with Crippen LogP contribution in [0.3, 0.4) is 0 Å². The Morgan fingerprint density at radius 1 is 1.21 bits per heavy atom. The molecule has 0 aliphatic rings. The van der Waals surface area contributed by atoms with Gasteiger partial charge in [-0.05, 0) is 74.2 Å². The van der Waals surface area contributed by atoms with Gasteiger partial charge in [-0.25, -0.2) is 4.39 Å². The van der Waals surface area contributed by atoms with Gasteiger partial charge in [-0.1, -0.05) is 23.7 Å². The number of aromatic hydroxyl groups is 1. The zero-order chi connectivity index (χ0) is 24.4. The first-order chi connectivity index (χ1) is 15.5. The summed E-state index contributed by atoms with van der Waals surface area (Å²) in [6, 6.07) is 10.5. The second kappa shape index (κ2) is 9.47. The molecule has 0 radical (unpaired) electrons. The van der Waals surface area contributed by atoms with E-state index >= 15 is 0 Å². The van der Waals surface area contributed by atoms with Crippen LogP contribution in [0.15, 0.2) is 41.2 Å². The summed E-state index contributed by atoms with van der Waals surface area (Å²) in [7, 11) is 0. The fourth-order valence-corrected chi connectivity index (χ4v) is 3.71. The molecule has 3 aromatic rings. The van der Waals surface area contributed by atoms with Gasteiger partial charge in [0.1, 0.15) is 23.2 Å². The van der Waals surface area contributed by atoms with E-state index in [4.69, 9.17) is 16.3 Å². The van der Waals surface area contributed by atoms with Crippen molar-refractivity contribution in [3.05, 3.63) is 91.0 Å². The number of aromatic nitrogens is 1. The summed E-state index contributed by atoms with van der Waals surface area (Å²) in [5.41, 5.74) is 0.961. The molecule has 1 atom stereocenters. The molecule has 0 amide bonds. The number of pyridine rings is 1. The highest BCUT2D eigenvalue weighted by molar-refractivity contribution is 6.32. The lowest BCUT2D eigenvalue weighted by Gasteiger charge is -2.19. The summed E-state index contributed by atoms with van der Waals surface area (Å²) < 4.78 is 20.0. The number of carbonyl (C=O) groups excluding carboxylic acids is 1. The van der Waals surface area contributed by atoms with Gasteiger partial charge in [-0.2, -0.15) is 5.26 Å². The van der Waals surface area contributed by atoms with Gasteiger partial charge in [0.2, 0.25) is 11.7 Å². The SMILES string of the molecule is Cc1cc(OC(C)C(=O)c2c(C)c(C#N)c(=O)n(Cc3ccc(F)cc3)c2O)cc(C)c1Cl. The molecule has 0 aliphatic carbocycles. The van der Waals surface area contributed by atoms with Crippen molar-refractivity contribution in [2.75, 3.05) is 0 Å². The molecule has 0 saturated carbocycles. The van der Waals surface area contributed by atoms with Crippen molar-refractivity contribution in [1.29, 1.82) is 5.26 Å². The Labute approximate surface area is 195 Å². The lowest BCUT2D eigenvalue weighted by Crippen LogP contribution is -2.31. The average Bonchev–Trinajstić information content (AvgIpc) is 2.76. The number of hydrogen-bond acceptors (Lipinski definition) is 5. The van der Waals surface area contributed by atoms with Gasteiger partial charge >= 0.3 is 0 Å². The molecular formula is C25H22ClFN2O4. The molecule has 1 aromatic heterocycles. The molecular weight excluding hydrogens is 447 g/mol. The van der Waals surface area contributed by atoms with Crippen molar-refractivity contribution in [3.63, 3.8) is 0 Å². The molecule has 33 heavy (non-hydrogen) atoms. The maximum atomic E-state index is 13.3. The fraction of sp³-hybridized carbons (Fsp3) is 0.240. The number of nitrogens with zero attached hydrogens (tertiary/aromatic N) is 2. The Balaban J connectivity index is 2.04. The Hall–Kier alpha value is -3.63. The molecule has 0 bridgehead atoms. The molecule has 8 heteroatoms. The van der Waals surface area contributed by atoms with E-state index in [1.54, 1.807) is 12.1 Å². The van der Waals surface area contributed by atoms with Gasteiger partial charge in [-0.3, -0.25) is 14.2 Å². The molecule has 0 spiro atoms. The normalized spacial score (nSPS) is 11.7. The predicted molar refractivity (Wildman–Crippen MR) is 123 cm³/mol. The van der Waals surface area contributed by atoms with Crippen LogP contribution in [-0.4, -0.2) is 21.6 Å². The third kappa shape index (κ3) is 4.76. The average molecular weight is 469 g/mol. The second-order valence-electron chi connectivity index (χ2n) is 7.82. The highest BCUT2D eigenvalue weighted by Crippen LogP contribution is 2.29. The topological polar surface area (TPSA) is 92.3 Å². The number of Topliss-reactive ketones (excluding diaryl/α,β-unsaturated/α-hetero) is 1. The molecule has 2 aromatic carbocycles.